The molecule has 7 fully saturated rings. The highest BCUT2D eigenvalue weighted by Crippen LogP contribution is 2.83. The lowest BCUT2D eigenvalue weighted by Gasteiger charge is -2.72. The van der Waals surface area contributed by atoms with Gasteiger partial charge in [-0.05, 0) is 31.2 Å². The lowest BCUT2D eigenvalue weighted by molar-refractivity contribution is -0.332. The first-order chi connectivity index (χ1) is 15.8. The molecule has 5 saturated carbocycles. The second kappa shape index (κ2) is 6.32. The summed E-state index contributed by atoms with van der Waals surface area (Å²) in [4.78, 5) is 2.48. The van der Waals surface area contributed by atoms with Gasteiger partial charge in [0.2, 0.25) is 0 Å². The smallest absolute Gasteiger partial charge is 0.148 e. The molecular weight excluding hydrogens is 426 g/mol. The molecule has 186 valence electrons. The van der Waals surface area contributed by atoms with Crippen LogP contribution in [0.1, 0.15) is 39.5 Å². The standard InChI is InChI=1S/C25H39NO7/c1-6-26-11-21(2)8-7-15(30-4)24-18(21)19(27)25(20(24)26)23(32-12-33-25)10-14(29-3)13-9-22(24,28)17(23)16(13)31-5/h13-20,27-28H,6-12H2,1-5H3/t13?,14-,15-,16?,17-,18+,19-,20?,21-,22-,23+,24?,25-/m0/s1. The van der Waals surface area contributed by atoms with Gasteiger partial charge in [-0.25, -0.2) is 0 Å². The molecule has 2 heterocycles. The molecule has 0 aromatic heterocycles. The van der Waals surface area contributed by atoms with Crippen molar-refractivity contribution in [2.45, 2.75) is 86.8 Å². The summed E-state index contributed by atoms with van der Waals surface area (Å²) in [6.45, 7) is 6.32. The van der Waals surface area contributed by atoms with E-state index in [1.165, 1.54) is 0 Å². The SMILES string of the molecule is CCN1C[C@]2(C)CC[C@H](OC)C34C1[C@@]1(OCO[C@@]15C[C@H](OC)C1C[C@]3(O)[C@@H]5C1OC)[C@@H](O)[C@@H]42. The molecule has 4 unspecified atom stereocenters. The maximum absolute atomic E-state index is 13.2. The normalized spacial score (nSPS) is 64.8. The van der Waals surface area contributed by atoms with Gasteiger partial charge in [0.25, 0.3) is 0 Å². The summed E-state index contributed by atoms with van der Waals surface area (Å²) in [7, 11) is 5.25. The van der Waals surface area contributed by atoms with E-state index in [4.69, 9.17) is 23.7 Å². The van der Waals surface area contributed by atoms with E-state index in [0.717, 1.165) is 25.9 Å². The van der Waals surface area contributed by atoms with Crippen LogP contribution in [0.5, 0.6) is 0 Å². The molecule has 8 nitrogen and oxygen atoms in total. The fourth-order valence-corrected chi connectivity index (χ4v) is 11.5. The zero-order valence-electron chi connectivity index (χ0n) is 20.5. The van der Waals surface area contributed by atoms with Crippen molar-refractivity contribution in [1.82, 2.24) is 4.90 Å². The molecule has 7 bridgehead atoms. The minimum Gasteiger partial charge on any atom is -0.390 e. The van der Waals surface area contributed by atoms with E-state index in [9.17, 15) is 10.2 Å². The van der Waals surface area contributed by atoms with Crippen LogP contribution < -0.4 is 0 Å². The average molecular weight is 466 g/mol. The molecule has 2 aliphatic heterocycles. The number of piperidine rings is 1. The molecule has 0 amide bonds. The van der Waals surface area contributed by atoms with Gasteiger partial charge in [0, 0.05) is 52.0 Å². The molecule has 0 aromatic carbocycles. The molecule has 2 saturated heterocycles. The minimum atomic E-state index is -1.12. The molecule has 7 aliphatic rings. The molecule has 8 heteroatoms. The number of likely N-dealkylation sites (N-methyl/N-ethyl adjacent to an activating group) is 1. The minimum absolute atomic E-state index is 0.0641. The van der Waals surface area contributed by atoms with Crippen LogP contribution in [-0.4, -0.2) is 104 Å². The van der Waals surface area contributed by atoms with Crippen molar-refractivity contribution in [3.05, 3.63) is 0 Å². The van der Waals surface area contributed by atoms with Gasteiger partial charge in [0.05, 0.1) is 41.5 Å². The van der Waals surface area contributed by atoms with Gasteiger partial charge in [0.1, 0.15) is 18.0 Å². The summed E-state index contributed by atoms with van der Waals surface area (Å²) in [6, 6.07) is -0.191. The number of nitrogens with zero attached hydrogens (tertiary/aromatic N) is 1. The van der Waals surface area contributed by atoms with Gasteiger partial charge in [0.15, 0.2) is 0 Å². The number of ether oxygens (including phenoxy) is 5. The largest absolute Gasteiger partial charge is 0.390 e. The molecule has 0 radical (unpaired) electrons. The van der Waals surface area contributed by atoms with Crippen molar-refractivity contribution < 1.29 is 33.9 Å². The number of methoxy groups -OCH3 is 3. The predicted octanol–water partition coefficient (Wildman–Crippen LogP) is 0.779. The highest BCUT2D eigenvalue weighted by molar-refractivity contribution is 5.46. The quantitative estimate of drug-likeness (QED) is 0.630. The first-order valence-electron chi connectivity index (χ1n) is 12.8. The van der Waals surface area contributed by atoms with Gasteiger partial charge >= 0.3 is 0 Å². The number of aliphatic hydroxyl groups is 2. The zero-order valence-corrected chi connectivity index (χ0v) is 20.5. The third-order valence-electron chi connectivity index (χ3n) is 11.9. The Morgan fingerprint density at radius 2 is 1.85 bits per heavy atom. The van der Waals surface area contributed by atoms with Crippen LogP contribution >= 0.6 is 0 Å². The van der Waals surface area contributed by atoms with Crippen molar-refractivity contribution in [3.8, 4) is 0 Å². The summed E-state index contributed by atoms with van der Waals surface area (Å²) < 4.78 is 31.8. The highest BCUT2D eigenvalue weighted by Gasteiger charge is 2.96. The zero-order chi connectivity index (χ0) is 23.2. The van der Waals surface area contributed by atoms with Gasteiger partial charge < -0.3 is 33.9 Å². The van der Waals surface area contributed by atoms with Gasteiger partial charge in [-0.15, -0.1) is 0 Å². The fourth-order valence-electron chi connectivity index (χ4n) is 11.5. The Hall–Kier alpha value is -0.320. The number of fused-ring (bicyclic) bond motifs is 1. The van der Waals surface area contributed by atoms with Crippen LogP contribution in [-0.2, 0) is 23.7 Å². The van der Waals surface area contributed by atoms with E-state index >= 15 is 0 Å². The first kappa shape index (κ1) is 21.9. The number of hydrogen-bond donors (Lipinski definition) is 2. The monoisotopic (exact) mass is 465 g/mol. The second-order valence-corrected chi connectivity index (χ2v) is 12.3. The Morgan fingerprint density at radius 3 is 2.52 bits per heavy atom. The molecule has 0 aromatic rings. The van der Waals surface area contributed by atoms with Crippen molar-refractivity contribution in [2.75, 3.05) is 41.2 Å². The van der Waals surface area contributed by atoms with Gasteiger partial charge in [-0.2, -0.15) is 0 Å². The molecule has 3 spiro atoms. The van der Waals surface area contributed by atoms with Crippen molar-refractivity contribution in [2.24, 2.45) is 28.6 Å². The van der Waals surface area contributed by atoms with Crippen LogP contribution in [0.15, 0.2) is 0 Å². The number of rotatable bonds is 4. The Morgan fingerprint density at radius 1 is 1.06 bits per heavy atom. The van der Waals surface area contributed by atoms with E-state index in [1.54, 1.807) is 21.3 Å². The van der Waals surface area contributed by atoms with Crippen LogP contribution in [0, 0.1) is 28.6 Å². The Balaban J connectivity index is 1.60. The third-order valence-corrected chi connectivity index (χ3v) is 11.9. The van der Waals surface area contributed by atoms with Crippen LogP contribution in [0.2, 0.25) is 0 Å². The lowest BCUT2D eigenvalue weighted by atomic mass is 9.41. The predicted molar refractivity (Wildman–Crippen MR) is 116 cm³/mol. The Bertz CT molecular complexity index is 874. The van der Waals surface area contributed by atoms with Gasteiger partial charge in [-0.1, -0.05) is 13.8 Å². The number of aliphatic hydroxyl groups excluding tert-OH is 1. The third kappa shape index (κ3) is 1.85. The maximum atomic E-state index is 13.2. The topological polar surface area (TPSA) is 89.9 Å². The lowest BCUT2D eigenvalue weighted by Crippen LogP contribution is -2.85. The summed E-state index contributed by atoms with van der Waals surface area (Å²) >= 11 is 0. The maximum Gasteiger partial charge on any atom is 0.148 e. The molecule has 2 N–H and O–H groups in total. The van der Waals surface area contributed by atoms with E-state index in [-0.39, 0.29) is 54.3 Å². The number of likely N-dealkylation sites (tertiary alicyclic amines) is 1. The van der Waals surface area contributed by atoms with Crippen LogP contribution in [0.4, 0.5) is 0 Å². The summed E-state index contributed by atoms with van der Waals surface area (Å²) in [6.07, 6.45) is 1.72. The summed E-state index contributed by atoms with van der Waals surface area (Å²) in [5.41, 5.74) is -3.76. The van der Waals surface area contributed by atoms with Crippen molar-refractivity contribution in [3.63, 3.8) is 0 Å². The molecular formula is C25H39NO7. The summed E-state index contributed by atoms with van der Waals surface area (Å²) in [5.74, 6) is -0.376. The van der Waals surface area contributed by atoms with Crippen molar-refractivity contribution >= 4 is 0 Å². The second-order valence-electron chi connectivity index (χ2n) is 12.3. The highest BCUT2D eigenvalue weighted by atomic mass is 16.7. The van der Waals surface area contributed by atoms with Gasteiger partial charge in [-0.3, -0.25) is 4.90 Å². The van der Waals surface area contributed by atoms with E-state index < -0.39 is 28.3 Å². The van der Waals surface area contributed by atoms with Crippen LogP contribution in [0.25, 0.3) is 0 Å². The van der Waals surface area contributed by atoms with E-state index in [0.29, 0.717) is 12.8 Å². The first-order valence-corrected chi connectivity index (χ1v) is 12.8. The fraction of sp³-hybridized carbons (Fsp3) is 1.00. The van der Waals surface area contributed by atoms with E-state index in [1.807, 2.05) is 0 Å². The molecule has 7 rings (SSSR count). The Kier molecular flexibility index (Phi) is 4.20. The van der Waals surface area contributed by atoms with Crippen molar-refractivity contribution in [1.29, 1.82) is 0 Å². The molecule has 13 atom stereocenters. The average Bonchev–Trinajstić information content (AvgIpc) is 3.35. The molecule has 5 aliphatic carbocycles. The molecule has 33 heavy (non-hydrogen) atoms. The summed E-state index contributed by atoms with van der Waals surface area (Å²) in [5, 5.41) is 25.6. The Labute approximate surface area is 195 Å². The van der Waals surface area contributed by atoms with Crippen LogP contribution in [0.3, 0.4) is 0 Å². The van der Waals surface area contributed by atoms with E-state index in [2.05, 4.69) is 18.7 Å². The number of hydrogen-bond acceptors (Lipinski definition) is 8.